The van der Waals surface area contributed by atoms with Gasteiger partial charge in [-0.1, -0.05) is 51.2 Å². The highest BCUT2D eigenvalue weighted by Crippen LogP contribution is 2.21. The van der Waals surface area contributed by atoms with Gasteiger partial charge in [0.15, 0.2) is 0 Å². The van der Waals surface area contributed by atoms with Crippen molar-refractivity contribution in [1.29, 1.82) is 0 Å². The lowest BCUT2D eigenvalue weighted by molar-refractivity contribution is 0.557. The fourth-order valence-electron chi connectivity index (χ4n) is 2.74. The summed E-state index contributed by atoms with van der Waals surface area (Å²) in [6.07, 6.45) is 7.89. The molecule has 0 fully saturated rings. The molecule has 1 aromatic heterocycles. The third-order valence-electron chi connectivity index (χ3n) is 3.91. The summed E-state index contributed by atoms with van der Waals surface area (Å²) in [5.74, 6) is 1.49. The number of hydrogen-bond donors (Lipinski definition) is 0. The van der Waals surface area contributed by atoms with Gasteiger partial charge in [0.25, 0.3) is 0 Å². The molecule has 0 aliphatic heterocycles. The molecule has 0 N–H and O–H groups in total. The van der Waals surface area contributed by atoms with Crippen LogP contribution in [0.2, 0.25) is 0 Å². The van der Waals surface area contributed by atoms with Crippen molar-refractivity contribution in [2.75, 3.05) is 0 Å². The summed E-state index contributed by atoms with van der Waals surface area (Å²) >= 11 is 6.05. The Bertz CT molecular complexity index is 545. The highest BCUT2D eigenvalue weighted by molar-refractivity contribution is 6.16. The molecular formula is C17H25ClN2. The van der Waals surface area contributed by atoms with Crippen LogP contribution in [-0.2, 0) is 12.4 Å². The third kappa shape index (κ3) is 3.54. The van der Waals surface area contributed by atoms with Crippen LogP contribution in [0.3, 0.4) is 0 Å². The first kappa shape index (κ1) is 15.4. The normalized spacial score (nSPS) is 11.3. The predicted octanol–water partition coefficient (Wildman–Crippen LogP) is 5.44. The number of halogens is 1. The number of alkyl halides is 1. The van der Waals surface area contributed by atoms with Gasteiger partial charge in [0.1, 0.15) is 5.82 Å². The fourth-order valence-corrected chi connectivity index (χ4v) is 2.94. The van der Waals surface area contributed by atoms with E-state index in [0.29, 0.717) is 5.88 Å². The highest BCUT2D eigenvalue weighted by atomic mass is 35.5. The second-order valence-corrected chi connectivity index (χ2v) is 5.79. The van der Waals surface area contributed by atoms with Crippen LogP contribution in [-0.4, -0.2) is 9.55 Å². The molecule has 0 saturated heterocycles. The van der Waals surface area contributed by atoms with Crippen LogP contribution in [0.5, 0.6) is 0 Å². The van der Waals surface area contributed by atoms with Crippen molar-refractivity contribution >= 4 is 22.6 Å². The van der Waals surface area contributed by atoms with Crippen molar-refractivity contribution in [3.05, 3.63) is 29.6 Å². The van der Waals surface area contributed by atoms with Crippen molar-refractivity contribution in [2.45, 2.75) is 64.8 Å². The number of para-hydroxylation sites is 1. The van der Waals surface area contributed by atoms with E-state index in [1.807, 2.05) is 0 Å². The van der Waals surface area contributed by atoms with Gasteiger partial charge in [-0.05, 0) is 25.0 Å². The molecule has 0 atom stereocenters. The molecule has 3 heteroatoms. The van der Waals surface area contributed by atoms with Crippen LogP contribution in [0.15, 0.2) is 18.2 Å². The Kier molecular flexibility index (Phi) is 5.90. The number of nitrogens with zero attached hydrogens (tertiary/aromatic N) is 2. The van der Waals surface area contributed by atoms with Gasteiger partial charge in [0.05, 0.1) is 16.9 Å². The largest absolute Gasteiger partial charge is 0.327 e. The van der Waals surface area contributed by atoms with Crippen LogP contribution in [0, 0.1) is 6.92 Å². The van der Waals surface area contributed by atoms with Gasteiger partial charge in [-0.3, -0.25) is 0 Å². The number of imidazole rings is 1. The number of aromatic nitrogens is 2. The molecule has 0 bridgehead atoms. The lowest BCUT2D eigenvalue weighted by atomic mass is 10.1. The second-order valence-electron chi connectivity index (χ2n) is 5.52. The SMILES string of the molecule is CCCCCCCCn1c(CCl)nc2c(C)cccc21. The van der Waals surface area contributed by atoms with Crippen molar-refractivity contribution in [1.82, 2.24) is 9.55 Å². The van der Waals surface area contributed by atoms with Crippen LogP contribution in [0.4, 0.5) is 0 Å². The second kappa shape index (κ2) is 7.68. The summed E-state index contributed by atoms with van der Waals surface area (Å²) in [5, 5.41) is 0. The summed E-state index contributed by atoms with van der Waals surface area (Å²) in [7, 11) is 0. The van der Waals surface area contributed by atoms with Gasteiger partial charge in [0.2, 0.25) is 0 Å². The summed E-state index contributed by atoms with van der Waals surface area (Å²) in [6.45, 7) is 5.41. The Morgan fingerprint density at radius 1 is 1.10 bits per heavy atom. The molecular weight excluding hydrogens is 268 g/mol. The van der Waals surface area contributed by atoms with E-state index in [0.717, 1.165) is 17.9 Å². The molecule has 0 radical (unpaired) electrons. The topological polar surface area (TPSA) is 17.8 Å². The van der Waals surface area contributed by atoms with Gasteiger partial charge in [-0.15, -0.1) is 11.6 Å². The summed E-state index contributed by atoms with van der Waals surface area (Å²) in [6, 6.07) is 6.38. The van der Waals surface area contributed by atoms with E-state index in [-0.39, 0.29) is 0 Å². The van der Waals surface area contributed by atoms with E-state index in [9.17, 15) is 0 Å². The molecule has 1 heterocycles. The molecule has 0 aliphatic rings. The maximum atomic E-state index is 6.05. The Hall–Kier alpha value is -1.02. The lowest BCUT2D eigenvalue weighted by Crippen LogP contribution is -2.02. The van der Waals surface area contributed by atoms with E-state index < -0.39 is 0 Å². The molecule has 2 rings (SSSR count). The Morgan fingerprint density at radius 2 is 1.85 bits per heavy atom. The smallest absolute Gasteiger partial charge is 0.124 e. The van der Waals surface area contributed by atoms with Crippen molar-refractivity contribution < 1.29 is 0 Å². The van der Waals surface area contributed by atoms with Crippen molar-refractivity contribution in [3.63, 3.8) is 0 Å². The predicted molar refractivity (Wildman–Crippen MR) is 87.4 cm³/mol. The van der Waals surface area contributed by atoms with Gasteiger partial charge >= 0.3 is 0 Å². The van der Waals surface area contributed by atoms with Gasteiger partial charge in [0, 0.05) is 6.54 Å². The molecule has 0 unspecified atom stereocenters. The summed E-state index contributed by atoms with van der Waals surface area (Å²) in [5.41, 5.74) is 3.57. The summed E-state index contributed by atoms with van der Waals surface area (Å²) < 4.78 is 2.30. The van der Waals surface area contributed by atoms with Crippen LogP contribution < -0.4 is 0 Å². The van der Waals surface area contributed by atoms with Gasteiger partial charge in [-0.2, -0.15) is 0 Å². The van der Waals surface area contributed by atoms with E-state index in [1.54, 1.807) is 0 Å². The minimum absolute atomic E-state index is 0.490. The number of unbranched alkanes of at least 4 members (excludes halogenated alkanes) is 5. The molecule has 0 saturated carbocycles. The summed E-state index contributed by atoms with van der Waals surface area (Å²) in [4.78, 5) is 4.69. The number of rotatable bonds is 8. The number of hydrogen-bond acceptors (Lipinski definition) is 1. The average molecular weight is 293 g/mol. The Morgan fingerprint density at radius 3 is 2.60 bits per heavy atom. The molecule has 2 nitrogen and oxygen atoms in total. The standard InChI is InChI=1S/C17H25ClN2/c1-3-4-5-6-7-8-12-20-15-11-9-10-14(2)17(15)19-16(20)13-18/h9-11H,3-8,12-13H2,1-2H3. The number of fused-ring (bicyclic) bond motifs is 1. The molecule has 1 aromatic carbocycles. The number of benzene rings is 1. The molecule has 0 aliphatic carbocycles. The van der Waals surface area contributed by atoms with E-state index in [4.69, 9.17) is 16.6 Å². The zero-order chi connectivity index (χ0) is 14.4. The van der Waals surface area contributed by atoms with Crippen molar-refractivity contribution in [3.8, 4) is 0 Å². The molecule has 20 heavy (non-hydrogen) atoms. The van der Waals surface area contributed by atoms with E-state index in [2.05, 4.69) is 36.6 Å². The van der Waals surface area contributed by atoms with Crippen molar-refractivity contribution in [2.24, 2.45) is 0 Å². The zero-order valence-corrected chi connectivity index (χ0v) is 13.4. The maximum Gasteiger partial charge on any atom is 0.124 e. The number of aryl methyl sites for hydroxylation is 2. The zero-order valence-electron chi connectivity index (χ0n) is 12.7. The molecule has 2 aromatic rings. The van der Waals surface area contributed by atoms with Gasteiger partial charge in [-0.25, -0.2) is 4.98 Å². The first-order valence-electron chi connectivity index (χ1n) is 7.78. The van der Waals surface area contributed by atoms with E-state index in [1.165, 1.54) is 49.6 Å². The quantitative estimate of drug-likeness (QED) is 0.468. The van der Waals surface area contributed by atoms with Crippen LogP contribution in [0.1, 0.15) is 56.8 Å². The first-order valence-corrected chi connectivity index (χ1v) is 8.32. The van der Waals surface area contributed by atoms with Crippen LogP contribution >= 0.6 is 11.6 Å². The lowest BCUT2D eigenvalue weighted by Gasteiger charge is -2.07. The molecule has 0 spiro atoms. The minimum atomic E-state index is 0.490. The first-order chi connectivity index (χ1) is 9.77. The van der Waals surface area contributed by atoms with Crippen LogP contribution in [0.25, 0.3) is 11.0 Å². The minimum Gasteiger partial charge on any atom is -0.327 e. The highest BCUT2D eigenvalue weighted by Gasteiger charge is 2.10. The van der Waals surface area contributed by atoms with E-state index >= 15 is 0 Å². The molecule has 110 valence electrons. The molecule has 0 amide bonds. The third-order valence-corrected chi connectivity index (χ3v) is 4.15. The average Bonchev–Trinajstić information content (AvgIpc) is 2.82. The monoisotopic (exact) mass is 292 g/mol. The Labute approximate surface area is 127 Å². The maximum absolute atomic E-state index is 6.05. The van der Waals surface area contributed by atoms with Gasteiger partial charge < -0.3 is 4.57 Å². The Balaban J connectivity index is 2.03. The fraction of sp³-hybridized carbons (Fsp3) is 0.588.